The van der Waals surface area contributed by atoms with E-state index < -0.39 is 0 Å². The number of halogens is 1. The zero-order chi connectivity index (χ0) is 17.3. The quantitative estimate of drug-likeness (QED) is 0.675. The Morgan fingerprint density at radius 1 is 1.25 bits per heavy atom. The van der Waals surface area contributed by atoms with Crippen LogP contribution in [0.2, 0.25) is 0 Å². The van der Waals surface area contributed by atoms with Crippen LogP contribution < -0.4 is 5.32 Å². The first kappa shape index (κ1) is 15.9. The van der Waals surface area contributed by atoms with Gasteiger partial charge in [0.2, 0.25) is 0 Å². The summed E-state index contributed by atoms with van der Waals surface area (Å²) < 4.78 is 13.5. The van der Waals surface area contributed by atoms with E-state index in [0.29, 0.717) is 23.2 Å². The Kier molecular flexibility index (Phi) is 3.94. The van der Waals surface area contributed by atoms with Crippen LogP contribution >= 0.6 is 0 Å². The van der Waals surface area contributed by atoms with Crippen molar-refractivity contribution < 1.29 is 9.18 Å². The summed E-state index contributed by atoms with van der Waals surface area (Å²) in [6, 6.07) is 13.2. The van der Waals surface area contributed by atoms with Crippen molar-refractivity contribution >= 4 is 11.5 Å². The Bertz CT molecular complexity index is 874. The molecule has 0 fully saturated rings. The van der Waals surface area contributed by atoms with E-state index >= 15 is 0 Å². The fraction of sp³-hybridized carbons (Fsp3) is 0.200. The van der Waals surface area contributed by atoms with Gasteiger partial charge in [0.15, 0.2) is 5.78 Å². The van der Waals surface area contributed by atoms with Crippen molar-refractivity contribution in [3.05, 3.63) is 76.6 Å². The van der Waals surface area contributed by atoms with Gasteiger partial charge < -0.3 is 5.32 Å². The lowest BCUT2D eigenvalue weighted by Crippen LogP contribution is -2.43. The molecule has 0 aliphatic carbocycles. The third-order valence-electron chi connectivity index (χ3n) is 4.04. The molecule has 2 aromatic rings. The molecule has 1 aliphatic rings. The van der Waals surface area contributed by atoms with Crippen molar-refractivity contribution in [1.29, 1.82) is 5.26 Å². The molecule has 0 saturated heterocycles. The number of ketones is 1. The highest BCUT2D eigenvalue weighted by atomic mass is 19.1. The third kappa shape index (κ3) is 3.21. The van der Waals surface area contributed by atoms with Crippen LogP contribution in [0, 0.1) is 17.1 Å². The predicted octanol–water partition coefficient (Wildman–Crippen LogP) is 3.85. The first-order valence-electron chi connectivity index (χ1n) is 7.71. The fourth-order valence-electron chi connectivity index (χ4n) is 2.96. The maximum absolute atomic E-state index is 13.5. The summed E-state index contributed by atoms with van der Waals surface area (Å²) in [4.78, 5) is 12.5. The van der Waals surface area contributed by atoms with Gasteiger partial charge in [-0.15, -0.1) is 0 Å². The fourth-order valence-corrected chi connectivity index (χ4v) is 2.96. The number of carbonyl (C=O) groups is 1. The highest BCUT2D eigenvalue weighted by Crippen LogP contribution is 2.30. The van der Waals surface area contributed by atoms with Gasteiger partial charge in [-0.3, -0.25) is 4.79 Å². The maximum atomic E-state index is 13.5. The molecule has 3 nitrogen and oxygen atoms in total. The third-order valence-corrected chi connectivity index (χ3v) is 4.04. The molecule has 0 atom stereocenters. The number of nitriles is 1. The molecule has 4 heteroatoms. The predicted molar refractivity (Wildman–Crippen MR) is 90.8 cm³/mol. The van der Waals surface area contributed by atoms with Crippen molar-refractivity contribution in [2.45, 2.75) is 25.8 Å². The number of nitrogens with zero attached hydrogens (tertiary/aromatic N) is 1. The van der Waals surface area contributed by atoms with E-state index in [2.05, 4.69) is 5.32 Å². The maximum Gasteiger partial charge on any atom is 0.187 e. The van der Waals surface area contributed by atoms with E-state index in [1.807, 2.05) is 19.9 Å². The van der Waals surface area contributed by atoms with Gasteiger partial charge in [-0.05, 0) is 68.3 Å². The molecule has 2 aromatic carbocycles. The molecular formula is C20H17FN2O. The summed E-state index contributed by atoms with van der Waals surface area (Å²) in [5.41, 5.74) is 3.18. The van der Waals surface area contributed by atoms with Gasteiger partial charge in [-0.2, -0.15) is 5.26 Å². The zero-order valence-electron chi connectivity index (χ0n) is 13.6. The number of nitrogens with one attached hydrogen (secondary N) is 1. The van der Waals surface area contributed by atoms with Gasteiger partial charge in [0.05, 0.1) is 11.6 Å². The number of hydrogen-bond acceptors (Lipinski definition) is 3. The monoisotopic (exact) mass is 320 g/mol. The van der Waals surface area contributed by atoms with Crippen molar-refractivity contribution in [1.82, 2.24) is 5.32 Å². The average molecular weight is 320 g/mol. The van der Waals surface area contributed by atoms with Crippen molar-refractivity contribution in [3.63, 3.8) is 0 Å². The largest absolute Gasteiger partial charge is 0.379 e. The lowest BCUT2D eigenvalue weighted by molar-refractivity contribution is 0.104. The molecule has 3 rings (SSSR count). The Morgan fingerprint density at radius 2 is 1.96 bits per heavy atom. The first-order valence-corrected chi connectivity index (χ1v) is 7.71. The molecule has 0 spiro atoms. The van der Waals surface area contributed by atoms with Crippen LogP contribution in [0.25, 0.3) is 5.70 Å². The van der Waals surface area contributed by atoms with Crippen molar-refractivity contribution in [2.75, 3.05) is 0 Å². The molecule has 120 valence electrons. The summed E-state index contributed by atoms with van der Waals surface area (Å²) in [7, 11) is 0. The summed E-state index contributed by atoms with van der Waals surface area (Å²) in [6.07, 6.45) is 2.22. The van der Waals surface area contributed by atoms with Crippen LogP contribution in [0.1, 0.15) is 40.9 Å². The molecule has 0 bridgehead atoms. The van der Waals surface area contributed by atoms with Gasteiger partial charge in [0.1, 0.15) is 5.82 Å². The second kappa shape index (κ2) is 5.93. The number of carbonyl (C=O) groups excluding carboxylic acids is 1. The SMILES string of the molecule is CC1(C)Cc2cc(F)ccc2C(=CC(=O)c2ccc(C#N)cc2)N1. The van der Waals surface area contributed by atoms with Gasteiger partial charge >= 0.3 is 0 Å². The highest BCUT2D eigenvalue weighted by Gasteiger charge is 2.28. The standard InChI is InChI=1S/C20H17FN2O/c1-20(2)11-15-9-16(21)7-8-17(15)18(23-20)10-19(24)14-5-3-13(12-22)4-6-14/h3-10,23H,11H2,1-2H3. The van der Waals surface area contributed by atoms with Crippen molar-refractivity contribution in [3.8, 4) is 6.07 Å². The highest BCUT2D eigenvalue weighted by molar-refractivity contribution is 6.08. The molecule has 0 amide bonds. The first-order chi connectivity index (χ1) is 11.4. The molecule has 24 heavy (non-hydrogen) atoms. The number of hydrogen-bond donors (Lipinski definition) is 1. The van der Waals surface area contributed by atoms with Crippen LogP contribution in [0.3, 0.4) is 0 Å². The van der Waals surface area contributed by atoms with Gasteiger partial charge in [-0.25, -0.2) is 4.39 Å². The van der Waals surface area contributed by atoms with Crippen LogP contribution in [-0.4, -0.2) is 11.3 Å². The zero-order valence-corrected chi connectivity index (χ0v) is 13.6. The molecular weight excluding hydrogens is 303 g/mol. The number of rotatable bonds is 2. The average Bonchev–Trinajstić information content (AvgIpc) is 2.53. The number of allylic oxidation sites excluding steroid dienone is 1. The molecule has 0 aromatic heterocycles. The molecule has 0 unspecified atom stereocenters. The van der Waals surface area contributed by atoms with E-state index in [9.17, 15) is 9.18 Å². The van der Waals surface area contributed by atoms with E-state index in [1.54, 1.807) is 36.4 Å². The summed E-state index contributed by atoms with van der Waals surface area (Å²) in [6.45, 7) is 4.03. The van der Waals surface area contributed by atoms with Crippen LogP contribution in [0.15, 0.2) is 48.5 Å². The van der Waals surface area contributed by atoms with Gasteiger partial charge in [0.25, 0.3) is 0 Å². The summed E-state index contributed by atoms with van der Waals surface area (Å²) in [5.74, 6) is -0.431. The lowest BCUT2D eigenvalue weighted by Gasteiger charge is -2.35. The van der Waals surface area contributed by atoms with E-state index in [1.165, 1.54) is 12.1 Å². The Balaban J connectivity index is 1.99. The van der Waals surface area contributed by atoms with Crippen LogP contribution in [-0.2, 0) is 6.42 Å². The minimum atomic E-state index is -0.274. The minimum Gasteiger partial charge on any atom is -0.379 e. The normalized spacial score (nSPS) is 16.8. The molecule has 1 N–H and O–H groups in total. The smallest absolute Gasteiger partial charge is 0.187 e. The van der Waals surface area contributed by atoms with Crippen LogP contribution in [0.5, 0.6) is 0 Å². The van der Waals surface area contributed by atoms with Crippen molar-refractivity contribution in [2.24, 2.45) is 0 Å². The Morgan fingerprint density at radius 3 is 2.62 bits per heavy atom. The lowest BCUT2D eigenvalue weighted by atomic mass is 9.85. The van der Waals surface area contributed by atoms with E-state index in [4.69, 9.17) is 5.26 Å². The molecule has 0 saturated carbocycles. The number of benzene rings is 2. The molecule has 1 aliphatic heterocycles. The Labute approximate surface area is 140 Å². The van der Waals surface area contributed by atoms with E-state index in [0.717, 1.165) is 11.1 Å². The summed E-state index contributed by atoms with van der Waals surface area (Å²) >= 11 is 0. The minimum absolute atomic E-state index is 0.157. The summed E-state index contributed by atoms with van der Waals surface area (Å²) in [5, 5.41) is 12.2. The number of fused-ring (bicyclic) bond motifs is 1. The molecule has 0 radical (unpaired) electrons. The Hall–Kier alpha value is -2.93. The second-order valence-electron chi connectivity index (χ2n) is 6.60. The van der Waals surface area contributed by atoms with Gasteiger partial charge in [0, 0.05) is 28.4 Å². The molecule has 1 heterocycles. The topological polar surface area (TPSA) is 52.9 Å². The second-order valence-corrected chi connectivity index (χ2v) is 6.60. The van der Waals surface area contributed by atoms with Gasteiger partial charge in [-0.1, -0.05) is 0 Å². The van der Waals surface area contributed by atoms with Crippen LogP contribution in [0.4, 0.5) is 4.39 Å². The van der Waals surface area contributed by atoms with E-state index in [-0.39, 0.29) is 17.1 Å².